The third kappa shape index (κ3) is 2.42. The SMILES string of the molecule is CN1CCc2cc(CC(CN)C(=O)O)ccc21. The van der Waals surface area contributed by atoms with Gasteiger partial charge in [0.2, 0.25) is 0 Å². The highest BCUT2D eigenvalue weighted by Crippen LogP contribution is 2.28. The van der Waals surface area contributed by atoms with E-state index in [9.17, 15) is 4.79 Å². The number of aliphatic carboxylic acids is 1. The molecule has 0 radical (unpaired) electrons. The molecule has 1 aliphatic heterocycles. The van der Waals surface area contributed by atoms with Crippen LogP contribution >= 0.6 is 0 Å². The van der Waals surface area contributed by atoms with Crippen molar-refractivity contribution >= 4 is 11.7 Å². The van der Waals surface area contributed by atoms with Gasteiger partial charge in [0.15, 0.2) is 0 Å². The van der Waals surface area contributed by atoms with E-state index >= 15 is 0 Å². The zero-order valence-electron chi connectivity index (χ0n) is 10.0. The van der Waals surface area contributed by atoms with Gasteiger partial charge in [0, 0.05) is 25.8 Å². The molecule has 2 rings (SSSR count). The largest absolute Gasteiger partial charge is 0.481 e. The Bertz CT molecular complexity index is 431. The van der Waals surface area contributed by atoms with E-state index in [1.165, 1.54) is 11.3 Å². The fraction of sp³-hybridized carbons (Fsp3) is 0.462. The smallest absolute Gasteiger partial charge is 0.308 e. The van der Waals surface area contributed by atoms with Crippen molar-refractivity contribution in [3.8, 4) is 0 Å². The highest BCUT2D eigenvalue weighted by atomic mass is 16.4. The summed E-state index contributed by atoms with van der Waals surface area (Å²) >= 11 is 0. The van der Waals surface area contributed by atoms with Crippen molar-refractivity contribution in [3.63, 3.8) is 0 Å². The van der Waals surface area contributed by atoms with E-state index in [0.29, 0.717) is 6.42 Å². The van der Waals surface area contributed by atoms with Gasteiger partial charge in [0.05, 0.1) is 5.92 Å². The van der Waals surface area contributed by atoms with Crippen LogP contribution in [-0.2, 0) is 17.6 Å². The van der Waals surface area contributed by atoms with Gasteiger partial charge in [-0.3, -0.25) is 4.79 Å². The summed E-state index contributed by atoms with van der Waals surface area (Å²) in [5.74, 6) is -1.29. The van der Waals surface area contributed by atoms with Gasteiger partial charge >= 0.3 is 5.97 Å². The van der Waals surface area contributed by atoms with E-state index in [4.69, 9.17) is 10.8 Å². The first kappa shape index (κ1) is 11.9. The Morgan fingerprint density at radius 1 is 1.59 bits per heavy atom. The Kier molecular flexibility index (Phi) is 3.33. The standard InChI is InChI=1S/C13H18N2O2/c1-15-5-4-10-6-9(2-3-12(10)15)7-11(8-14)13(16)17/h2-3,6,11H,4-5,7-8,14H2,1H3,(H,16,17). The summed E-state index contributed by atoms with van der Waals surface area (Å²) in [6.45, 7) is 1.23. The summed E-state index contributed by atoms with van der Waals surface area (Å²) < 4.78 is 0. The van der Waals surface area contributed by atoms with E-state index < -0.39 is 11.9 Å². The first-order valence-electron chi connectivity index (χ1n) is 5.87. The lowest BCUT2D eigenvalue weighted by molar-refractivity contribution is -0.141. The molecule has 4 nitrogen and oxygen atoms in total. The fourth-order valence-electron chi connectivity index (χ4n) is 2.30. The lowest BCUT2D eigenvalue weighted by Gasteiger charge is -2.13. The highest BCUT2D eigenvalue weighted by molar-refractivity contribution is 5.71. The fourth-order valence-corrected chi connectivity index (χ4v) is 2.30. The summed E-state index contributed by atoms with van der Waals surface area (Å²) in [7, 11) is 2.07. The number of likely N-dealkylation sites (N-methyl/N-ethyl adjacent to an activating group) is 1. The van der Waals surface area contributed by atoms with Gasteiger partial charge < -0.3 is 15.7 Å². The molecular weight excluding hydrogens is 216 g/mol. The van der Waals surface area contributed by atoms with Gasteiger partial charge in [0.1, 0.15) is 0 Å². The minimum atomic E-state index is -0.815. The number of carboxylic acid groups (broad SMARTS) is 1. The molecule has 4 heteroatoms. The zero-order chi connectivity index (χ0) is 12.4. The topological polar surface area (TPSA) is 66.6 Å². The summed E-state index contributed by atoms with van der Waals surface area (Å²) in [5.41, 5.74) is 9.10. The molecule has 1 aromatic rings. The molecule has 0 amide bonds. The molecule has 0 saturated heterocycles. The van der Waals surface area contributed by atoms with Crippen LogP contribution in [0.15, 0.2) is 18.2 Å². The molecule has 0 fully saturated rings. The molecule has 0 saturated carbocycles. The quantitative estimate of drug-likeness (QED) is 0.811. The number of hydrogen-bond acceptors (Lipinski definition) is 3. The molecule has 1 aliphatic rings. The molecule has 0 aromatic heterocycles. The molecule has 1 aromatic carbocycles. The number of anilines is 1. The van der Waals surface area contributed by atoms with Gasteiger partial charge in [-0.05, 0) is 30.0 Å². The van der Waals surface area contributed by atoms with Crippen molar-refractivity contribution in [1.82, 2.24) is 0 Å². The molecular formula is C13H18N2O2. The second kappa shape index (κ2) is 4.75. The summed E-state index contributed by atoms with van der Waals surface area (Å²) in [5, 5.41) is 8.98. The lowest BCUT2D eigenvalue weighted by Crippen LogP contribution is -2.25. The minimum absolute atomic E-state index is 0.187. The monoisotopic (exact) mass is 234 g/mol. The summed E-state index contributed by atoms with van der Waals surface area (Å²) in [6.07, 6.45) is 1.56. The molecule has 17 heavy (non-hydrogen) atoms. The molecule has 0 aliphatic carbocycles. The predicted molar refractivity (Wildman–Crippen MR) is 67.3 cm³/mol. The number of hydrogen-bond donors (Lipinski definition) is 2. The van der Waals surface area contributed by atoms with Crippen molar-refractivity contribution in [2.75, 3.05) is 25.0 Å². The van der Waals surface area contributed by atoms with Crippen LogP contribution in [0, 0.1) is 5.92 Å². The third-order valence-corrected chi connectivity index (χ3v) is 3.39. The van der Waals surface area contributed by atoms with Gasteiger partial charge in [-0.15, -0.1) is 0 Å². The number of nitrogens with zero attached hydrogens (tertiary/aromatic N) is 1. The molecule has 1 unspecified atom stereocenters. The molecule has 0 spiro atoms. The lowest BCUT2D eigenvalue weighted by atomic mass is 9.97. The normalized spacial score (nSPS) is 15.8. The molecule has 0 bridgehead atoms. The maximum absolute atomic E-state index is 10.9. The number of fused-ring (bicyclic) bond motifs is 1. The minimum Gasteiger partial charge on any atom is -0.481 e. The second-order valence-corrected chi connectivity index (χ2v) is 4.61. The van der Waals surface area contributed by atoms with E-state index in [2.05, 4.69) is 24.1 Å². The Balaban J connectivity index is 2.16. The Hall–Kier alpha value is -1.55. The van der Waals surface area contributed by atoms with E-state index in [-0.39, 0.29) is 6.54 Å². The van der Waals surface area contributed by atoms with Crippen LogP contribution in [0.5, 0.6) is 0 Å². The predicted octanol–water partition coefficient (Wildman–Crippen LogP) is 0.881. The zero-order valence-corrected chi connectivity index (χ0v) is 10.0. The first-order valence-corrected chi connectivity index (χ1v) is 5.87. The van der Waals surface area contributed by atoms with Crippen molar-refractivity contribution < 1.29 is 9.90 Å². The Morgan fingerprint density at radius 2 is 2.35 bits per heavy atom. The van der Waals surface area contributed by atoms with Crippen molar-refractivity contribution in [1.29, 1.82) is 0 Å². The third-order valence-electron chi connectivity index (χ3n) is 3.39. The van der Waals surface area contributed by atoms with Crippen molar-refractivity contribution in [2.45, 2.75) is 12.8 Å². The molecule has 1 atom stereocenters. The summed E-state index contributed by atoms with van der Waals surface area (Å²) in [4.78, 5) is 13.2. The van der Waals surface area contributed by atoms with Crippen molar-refractivity contribution in [2.24, 2.45) is 11.7 Å². The highest BCUT2D eigenvalue weighted by Gasteiger charge is 2.19. The van der Waals surface area contributed by atoms with Crippen LogP contribution in [0.3, 0.4) is 0 Å². The average molecular weight is 234 g/mol. The van der Waals surface area contributed by atoms with Crippen LogP contribution in [0.1, 0.15) is 11.1 Å². The van der Waals surface area contributed by atoms with Crippen LogP contribution in [0.25, 0.3) is 0 Å². The number of rotatable bonds is 4. The number of carbonyl (C=O) groups is 1. The van der Waals surface area contributed by atoms with E-state index in [1.54, 1.807) is 0 Å². The van der Waals surface area contributed by atoms with Crippen LogP contribution in [-0.4, -0.2) is 31.2 Å². The van der Waals surface area contributed by atoms with Gasteiger partial charge in [-0.1, -0.05) is 12.1 Å². The molecule has 1 heterocycles. The van der Waals surface area contributed by atoms with Gasteiger partial charge in [0.25, 0.3) is 0 Å². The average Bonchev–Trinajstić information content (AvgIpc) is 2.67. The van der Waals surface area contributed by atoms with Gasteiger partial charge in [-0.25, -0.2) is 0 Å². The van der Waals surface area contributed by atoms with Crippen LogP contribution in [0.4, 0.5) is 5.69 Å². The summed E-state index contributed by atoms with van der Waals surface area (Å²) in [6, 6.07) is 6.20. The molecule has 92 valence electrons. The Labute approximate surface area is 101 Å². The second-order valence-electron chi connectivity index (χ2n) is 4.61. The van der Waals surface area contributed by atoms with Crippen LogP contribution < -0.4 is 10.6 Å². The van der Waals surface area contributed by atoms with E-state index in [0.717, 1.165) is 18.5 Å². The maximum atomic E-state index is 10.9. The Morgan fingerprint density at radius 3 is 3.00 bits per heavy atom. The van der Waals surface area contributed by atoms with E-state index in [1.807, 2.05) is 6.07 Å². The first-order chi connectivity index (χ1) is 8.11. The van der Waals surface area contributed by atoms with Crippen molar-refractivity contribution in [3.05, 3.63) is 29.3 Å². The number of nitrogens with two attached hydrogens (primary N) is 1. The van der Waals surface area contributed by atoms with Gasteiger partial charge in [-0.2, -0.15) is 0 Å². The van der Waals surface area contributed by atoms with Crippen LogP contribution in [0.2, 0.25) is 0 Å². The number of carboxylic acids is 1. The number of benzene rings is 1. The maximum Gasteiger partial charge on any atom is 0.308 e. The molecule has 3 N–H and O–H groups in total.